The van der Waals surface area contributed by atoms with Gasteiger partial charge in [0.25, 0.3) is 0 Å². The molecular weight excluding hydrogens is 300 g/mol. The van der Waals surface area contributed by atoms with Crippen LogP contribution >= 0.6 is 0 Å². The number of aromatic nitrogens is 1. The van der Waals surface area contributed by atoms with Gasteiger partial charge in [-0.1, -0.05) is 6.07 Å². The van der Waals surface area contributed by atoms with Crippen LogP contribution in [0.3, 0.4) is 0 Å². The second kappa shape index (κ2) is 6.33. The fourth-order valence-corrected chi connectivity index (χ4v) is 2.31. The largest absolute Gasteiger partial charge is 0.354 e. The third-order valence-corrected chi connectivity index (χ3v) is 4.70. The lowest BCUT2D eigenvalue weighted by Crippen LogP contribution is -2.29. The number of nitrogens with one attached hydrogen (secondary N) is 2. The minimum atomic E-state index is -3.53. The van der Waals surface area contributed by atoms with Crippen molar-refractivity contribution in [3.8, 4) is 0 Å². The number of anilines is 3. The van der Waals surface area contributed by atoms with Gasteiger partial charge in [0, 0.05) is 19.8 Å². The molecule has 2 N–H and O–H groups in total. The molecule has 2 aromatic rings. The zero-order valence-electron chi connectivity index (χ0n) is 13.1. The molecule has 1 aromatic heterocycles. The van der Waals surface area contributed by atoms with Crippen LogP contribution in [-0.2, 0) is 10.2 Å². The summed E-state index contributed by atoms with van der Waals surface area (Å²) in [7, 11) is -0.620. The van der Waals surface area contributed by atoms with E-state index in [2.05, 4.69) is 34.9 Å². The van der Waals surface area contributed by atoms with Crippen molar-refractivity contribution in [2.75, 3.05) is 24.1 Å². The molecule has 0 spiro atoms. The average molecular weight is 320 g/mol. The van der Waals surface area contributed by atoms with E-state index < -0.39 is 10.2 Å². The van der Waals surface area contributed by atoms with Crippen LogP contribution in [0.4, 0.5) is 17.2 Å². The molecule has 118 valence electrons. The average Bonchev–Trinajstić information content (AvgIpc) is 2.44. The summed E-state index contributed by atoms with van der Waals surface area (Å²) in [6, 6.07) is 9.48. The van der Waals surface area contributed by atoms with Crippen molar-refractivity contribution in [3.05, 3.63) is 47.7 Å². The van der Waals surface area contributed by atoms with E-state index in [0.29, 0.717) is 0 Å². The van der Waals surface area contributed by atoms with E-state index in [1.54, 1.807) is 18.3 Å². The predicted octanol–water partition coefficient (Wildman–Crippen LogP) is 2.66. The lowest BCUT2D eigenvalue weighted by molar-refractivity contribution is 0.526. The van der Waals surface area contributed by atoms with Gasteiger partial charge in [0.1, 0.15) is 5.82 Å². The Hall–Kier alpha value is -2.12. The van der Waals surface area contributed by atoms with Crippen LogP contribution in [0.15, 0.2) is 36.5 Å². The minimum Gasteiger partial charge on any atom is -0.354 e. The Morgan fingerprint density at radius 3 is 2.23 bits per heavy atom. The first-order valence-electron chi connectivity index (χ1n) is 6.78. The normalized spacial score (nSPS) is 11.5. The van der Waals surface area contributed by atoms with E-state index >= 15 is 0 Å². The zero-order chi connectivity index (χ0) is 16.3. The molecule has 0 amide bonds. The number of hydrogen-bond donors (Lipinski definition) is 2. The molecule has 0 saturated carbocycles. The Labute approximate surface area is 131 Å². The van der Waals surface area contributed by atoms with Crippen molar-refractivity contribution in [2.24, 2.45) is 0 Å². The number of benzene rings is 1. The fourth-order valence-electron chi connectivity index (χ4n) is 1.74. The van der Waals surface area contributed by atoms with Crippen LogP contribution < -0.4 is 10.0 Å². The van der Waals surface area contributed by atoms with Crippen molar-refractivity contribution in [2.45, 2.75) is 13.8 Å². The number of aryl methyl sites for hydroxylation is 2. The Morgan fingerprint density at radius 2 is 1.68 bits per heavy atom. The van der Waals surface area contributed by atoms with Crippen molar-refractivity contribution in [1.82, 2.24) is 9.29 Å². The first-order chi connectivity index (χ1) is 10.3. The Kier molecular flexibility index (Phi) is 4.68. The van der Waals surface area contributed by atoms with Crippen LogP contribution in [0.2, 0.25) is 0 Å². The first kappa shape index (κ1) is 16.3. The second-order valence-electron chi connectivity index (χ2n) is 5.25. The Bertz CT molecular complexity index is 756. The lowest BCUT2D eigenvalue weighted by Gasteiger charge is -2.13. The highest BCUT2D eigenvalue weighted by atomic mass is 32.2. The minimum absolute atomic E-state index is 0.277. The van der Waals surface area contributed by atoms with Gasteiger partial charge in [0.2, 0.25) is 0 Å². The summed E-state index contributed by atoms with van der Waals surface area (Å²) in [4.78, 5) is 4.10. The van der Waals surface area contributed by atoms with Crippen molar-refractivity contribution >= 4 is 27.4 Å². The molecule has 1 heterocycles. The van der Waals surface area contributed by atoms with E-state index in [1.807, 2.05) is 12.1 Å². The number of hydrogen-bond acceptors (Lipinski definition) is 4. The van der Waals surface area contributed by atoms with E-state index in [1.165, 1.54) is 25.2 Å². The van der Waals surface area contributed by atoms with Crippen LogP contribution in [-0.4, -0.2) is 31.8 Å². The summed E-state index contributed by atoms with van der Waals surface area (Å²) in [5, 5.41) is 3.23. The maximum atomic E-state index is 11.7. The van der Waals surface area contributed by atoms with E-state index in [0.717, 1.165) is 15.7 Å². The number of rotatable bonds is 5. The van der Waals surface area contributed by atoms with Gasteiger partial charge in [-0.3, -0.25) is 4.72 Å². The fraction of sp³-hybridized carbons (Fsp3) is 0.267. The van der Waals surface area contributed by atoms with Crippen molar-refractivity contribution in [1.29, 1.82) is 0 Å². The van der Waals surface area contributed by atoms with E-state index in [4.69, 9.17) is 0 Å². The molecule has 0 aliphatic rings. The summed E-state index contributed by atoms with van der Waals surface area (Å²) in [6.07, 6.45) is 1.59. The first-order valence-corrected chi connectivity index (χ1v) is 8.22. The standard InChI is InChI=1S/C15H20N4O2S/c1-11-5-6-13(9-12(11)2)17-14-7-8-15(16-10-14)18-22(20,21)19(3)4/h5-10,17H,1-4H3,(H,16,18). The van der Waals surface area contributed by atoms with Gasteiger partial charge in [-0.15, -0.1) is 0 Å². The summed E-state index contributed by atoms with van der Waals surface area (Å²) in [5.41, 5.74) is 4.19. The van der Waals surface area contributed by atoms with Gasteiger partial charge in [-0.25, -0.2) is 4.98 Å². The summed E-state index contributed by atoms with van der Waals surface area (Å²) in [5.74, 6) is 0.277. The molecule has 0 bridgehead atoms. The van der Waals surface area contributed by atoms with Crippen molar-refractivity contribution in [3.63, 3.8) is 0 Å². The molecule has 0 aliphatic heterocycles. The number of pyridine rings is 1. The molecule has 1 aromatic carbocycles. The highest BCUT2D eigenvalue weighted by Gasteiger charge is 2.13. The molecule has 0 unspecified atom stereocenters. The summed E-state index contributed by atoms with van der Waals surface area (Å²) >= 11 is 0. The van der Waals surface area contributed by atoms with Crippen LogP contribution in [0, 0.1) is 13.8 Å². The van der Waals surface area contributed by atoms with Crippen LogP contribution in [0.5, 0.6) is 0 Å². The smallest absolute Gasteiger partial charge is 0.302 e. The molecule has 0 atom stereocenters. The van der Waals surface area contributed by atoms with Gasteiger partial charge in [0.15, 0.2) is 0 Å². The van der Waals surface area contributed by atoms with E-state index in [-0.39, 0.29) is 5.82 Å². The molecule has 0 aliphatic carbocycles. The van der Waals surface area contributed by atoms with Gasteiger partial charge in [-0.05, 0) is 49.2 Å². The topological polar surface area (TPSA) is 74.3 Å². The maximum absolute atomic E-state index is 11.7. The highest BCUT2D eigenvalue weighted by molar-refractivity contribution is 7.90. The predicted molar refractivity (Wildman–Crippen MR) is 89.7 cm³/mol. The molecule has 6 nitrogen and oxygen atoms in total. The molecule has 22 heavy (non-hydrogen) atoms. The molecule has 2 rings (SSSR count). The van der Waals surface area contributed by atoms with Gasteiger partial charge in [0.05, 0.1) is 11.9 Å². The van der Waals surface area contributed by atoms with Gasteiger partial charge < -0.3 is 5.32 Å². The molecule has 0 radical (unpaired) electrons. The monoisotopic (exact) mass is 320 g/mol. The maximum Gasteiger partial charge on any atom is 0.302 e. The lowest BCUT2D eigenvalue weighted by atomic mass is 10.1. The third-order valence-electron chi connectivity index (χ3n) is 3.27. The SMILES string of the molecule is Cc1ccc(Nc2ccc(NS(=O)(=O)N(C)C)nc2)cc1C. The third kappa shape index (κ3) is 3.96. The van der Waals surface area contributed by atoms with Crippen LogP contribution in [0.25, 0.3) is 0 Å². The molecule has 7 heteroatoms. The van der Waals surface area contributed by atoms with Crippen LogP contribution in [0.1, 0.15) is 11.1 Å². The second-order valence-corrected chi connectivity index (χ2v) is 7.13. The quantitative estimate of drug-likeness (QED) is 0.888. The Balaban J connectivity index is 2.10. The van der Waals surface area contributed by atoms with Gasteiger partial charge in [-0.2, -0.15) is 12.7 Å². The Morgan fingerprint density at radius 1 is 1.00 bits per heavy atom. The van der Waals surface area contributed by atoms with Crippen molar-refractivity contribution < 1.29 is 8.42 Å². The molecule has 0 fully saturated rings. The van der Waals surface area contributed by atoms with Gasteiger partial charge >= 0.3 is 10.2 Å². The molecular formula is C15H20N4O2S. The summed E-state index contributed by atoms with van der Waals surface area (Å²) in [6.45, 7) is 4.12. The zero-order valence-corrected chi connectivity index (χ0v) is 13.9. The molecule has 0 saturated heterocycles. The summed E-state index contributed by atoms with van der Waals surface area (Å²) < 4.78 is 26.9. The highest BCUT2D eigenvalue weighted by Crippen LogP contribution is 2.20. The van der Waals surface area contributed by atoms with E-state index in [9.17, 15) is 8.42 Å². The number of nitrogens with zero attached hydrogens (tertiary/aromatic N) is 2.